The van der Waals surface area contributed by atoms with E-state index in [9.17, 15) is 19.2 Å². The third-order valence-corrected chi connectivity index (χ3v) is 7.07. The molecule has 180 valence electrons. The number of amides is 4. The van der Waals surface area contributed by atoms with Crippen molar-refractivity contribution < 1.29 is 19.2 Å². The fraction of sp³-hybridized carbons (Fsp3) is 0.440. The van der Waals surface area contributed by atoms with Crippen LogP contribution in [-0.4, -0.2) is 56.1 Å². The maximum atomic E-state index is 12.9. The van der Waals surface area contributed by atoms with E-state index in [0.717, 1.165) is 31.2 Å². The zero-order valence-corrected chi connectivity index (χ0v) is 19.2. The van der Waals surface area contributed by atoms with Gasteiger partial charge in [-0.1, -0.05) is 11.6 Å². The third-order valence-electron chi connectivity index (χ3n) is 7.07. The normalized spacial score (nSPS) is 24.0. The van der Waals surface area contributed by atoms with Gasteiger partial charge in [0.2, 0.25) is 11.8 Å². The summed E-state index contributed by atoms with van der Waals surface area (Å²) in [6.45, 7) is 0.817. The Hall–Kier alpha value is -4.00. The molecule has 1 saturated carbocycles. The van der Waals surface area contributed by atoms with Crippen molar-refractivity contribution in [2.75, 3.05) is 6.54 Å². The number of carbonyl (C=O) groups is 4. The number of nitrogens with zero attached hydrogens (tertiary/aromatic N) is 4. The Morgan fingerprint density at radius 1 is 1.23 bits per heavy atom. The van der Waals surface area contributed by atoms with Crippen LogP contribution in [-0.2, 0) is 16.1 Å². The molecule has 1 aromatic carbocycles. The largest absolute Gasteiger partial charge is 0.350 e. The Balaban J connectivity index is 1.24. The highest BCUT2D eigenvalue weighted by Crippen LogP contribution is 2.29. The molecule has 3 atom stereocenters. The molecule has 2 fully saturated rings. The second-order valence-electron chi connectivity index (χ2n) is 9.40. The zero-order chi connectivity index (χ0) is 24.5. The summed E-state index contributed by atoms with van der Waals surface area (Å²) in [5.41, 5.74) is 2.11. The number of aromatic nitrogens is 3. The van der Waals surface area contributed by atoms with Crippen LogP contribution in [0.4, 0.5) is 0 Å². The van der Waals surface area contributed by atoms with Crippen LogP contribution in [0.2, 0.25) is 0 Å². The van der Waals surface area contributed by atoms with Crippen molar-refractivity contribution in [3.8, 4) is 18.0 Å². The average molecular weight is 475 g/mol. The van der Waals surface area contributed by atoms with Gasteiger partial charge in [0.05, 0.1) is 11.9 Å². The lowest BCUT2D eigenvalue weighted by molar-refractivity contribution is -0.136. The van der Waals surface area contributed by atoms with Crippen LogP contribution < -0.4 is 10.6 Å². The van der Waals surface area contributed by atoms with E-state index < -0.39 is 11.9 Å². The molecule has 5 rings (SSSR count). The third kappa shape index (κ3) is 4.54. The zero-order valence-electron chi connectivity index (χ0n) is 19.2. The van der Waals surface area contributed by atoms with Gasteiger partial charge in [0, 0.05) is 31.0 Å². The first-order valence-electron chi connectivity index (χ1n) is 11.9. The highest BCUT2D eigenvalue weighted by atomic mass is 16.2. The first-order valence-corrected chi connectivity index (χ1v) is 11.9. The predicted octanol–water partition coefficient (Wildman–Crippen LogP) is 1.20. The van der Waals surface area contributed by atoms with Gasteiger partial charge >= 0.3 is 0 Å². The Kier molecular flexibility index (Phi) is 6.07. The van der Waals surface area contributed by atoms with Gasteiger partial charge in [-0.05, 0) is 55.4 Å². The molecule has 1 saturated heterocycles. The summed E-state index contributed by atoms with van der Waals surface area (Å²) in [4.78, 5) is 50.6. The fourth-order valence-corrected chi connectivity index (χ4v) is 5.15. The standard InChI is InChI=1S/C25H26N6O4/c1-2-15-4-3-5-16(10-15)12-26-23(33)20-14-31(29-28-20)18-6-7-19-17(11-18)13-30(25(19)35)21-8-9-22(32)27-24(21)34/h1,6-7,11,14-16,21H,3-5,8-10,12-13H2,(H,26,33)(H,27,32,34)/t15-,16+,21?/m0/s1. The fourth-order valence-electron chi connectivity index (χ4n) is 5.15. The molecular weight excluding hydrogens is 448 g/mol. The monoisotopic (exact) mass is 474 g/mol. The lowest BCUT2D eigenvalue weighted by Gasteiger charge is -2.29. The van der Waals surface area contributed by atoms with Gasteiger partial charge in [-0.25, -0.2) is 4.68 Å². The summed E-state index contributed by atoms with van der Waals surface area (Å²) >= 11 is 0. The van der Waals surface area contributed by atoms with Crippen molar-refractivity contribution in [3.05, 3.63) is 41.2 Å². The number of imide groups is 1. The highest BCUT2D eigenvalue weighted by Gasteiger charge is 2.39. The van der Waals surface area contributed by atoms with Crippen LogP contribution in [0.15, 0.2) is 24.4 Å². The highest BCUT2D eigenvalue weighted by molar-refractivity contribution is 6.05. The van der Waals surface area contributed by atoms with Gasteiger partial charge < -0.3 is 10.2 Å². The van der Waals surface area contributed by atoms with Crippen molar-refractivity contribution in [1.29, 1.82) is 0 Å². The van der Waals surface area contributed by atoms with Gasteiger partial charge in [-0.3, -0.25) is 24.5 Å². The van der Waals surface area contributed by atoms with E-state index in [1.165, 1.54) is 9.58 Å². The predicted molar refractivity (Wildman–Crippen MR) is 124 cm³/mol. The molecule has 1 unspecified atom stereocenters. The van der Waals surface area contributed by atoms with Crippen molar-refractivity contribution in [2.45, 2.75) is 51.1 Å². The van der Waals surface area contributed by atoms with Crippen molar-refractivity contribution in [2.24, 2.45) is 11.8 Å². The van der Waals surface area contributed by atoms with E-state index in [0.29, 0.717) is 30.1 Å². The molecule has 35 heavy (non-hydrogen) atoms. The number of hydrogen-bond acceptors (Lipinski definition) is 6. The summed E-state index contributed by atoms with van der Waals surface area (Å²) < 4.78 is 1.49. The van der Waals surface area contributed by atoms with Crippen LogP contribution in [0.25, 0.3) is 5.69 Å². The number of hydrogen-bond donors (Lipinski definition) is 2. The number of nitrogens with one attached hydrogen (secondary N) is 2. The molecule has 3 heterocycles. The van der Waals surface area contributed by atoms with Crippen LogP contribution >= 0.6 is 0 Å². The van der Waals surface area contributed by atoms with E-state index in [4.69, 9.17) is 6.42 Å². The molecular formula is C25H26N6O4. The molecule has 1 aliphatic carbocycles. The van der Waals surface area contributed by atoms with Gasteiger partial charge in [-0.2, -0.15) is 0 Å². The lowest BCUT2D eigenvalue weighted by Crippen LogP contribution is -2.52. The molecule has 2 aliphatic heterocycles. The van der Waals surface area contributed by atoms with Crippen molar-refractivity contribution in [3.63, 3.8) is 0 Å². The smallest absolute Gasteiger partial charge is 0.273 e. The minimum Gasteiger partial charge on any atom is -0.350 e. The molecule has 3 aliphatic rings. The summed E-state index contributed by atoms with van der Waals surface area (Å²) in [6.07, 6.45) is 11.7. The molecule has 2 N–H and O–H groups in total. The van der Waals surface area contributed by atoms with E-state index >= 15 is 0 Å². The molecule has 10 heteroatoms. The Bertz CT molecular complexity index is 1240. The van der Waals surface area contributed by atoms with E-state index in [2.05, 4.69) is 26.9 Å². The van der Waals surface area contributed by atoms with E-state index in [1.807, 2.05) is 0 Å². The van der Waals surface area contributed by atoms with Gasteiger partial charge in [0.1, 0.15) is 6.04 Å². The van der Waals surface area contributed by atoms with Crippen LogP contribution in [0.1, 0.15) is 64.9 Å². The van der Waals surface area contributed by atoms with Gasteiger partial charge in [0.25, 0.3) is 11.8 Å². The number of rotatable bonds is 5. The minimum atomic E-state index is -0.669. The number of fused-ring (bicyclic) bond motifs is 1. The van der Waals surface area contributed by atoms with Crippen LogP contribution in [0.5, 0.6) is 0 Å². The van der Waals surface area contributed by atoms with Crippen LogP contribution in [0.3, 0.4) is 0 Å². The molecule has 0 spiro atoms. The quantitative estimate of drug-likeness (QED) is 0.495. The molecule has 2 aromatic rings. The molecule has 4 amide bonds. The summed E-state index contributed by atoms with van der Waals surface area (Å²) in [6, 6.07) is 4.55. The molecule has 10 nitrogen and oxygen atoms in total. The SMILES string of the molecule is C#C[C@H]1CCC[C@@H](CNC(=O)c2cn(-c3ccc4c(c3)CN(C3CCC(=O)NC3=O)C4=O)nn2)C1. The van der Waals surface area contributed by atoms with E-state index in [1.54, 1.807) is 24.4 Å². The van der Waals surface area contributed by atoms with Crippen molar-refractivity contribution in [1.82, 2.24) is 30.5 Å². The molecule has 0 bridgehead atoms. The van der Waals surface area contributed by atoms with Crippen molar-refractivity contribution >= 4 is 23.6 Å². The maximum Gasteiger partial charge on any atom is 0.273 e. The van der Waals surface area contributed by atoms with Gasteiger partial charge in [0.15, 0.2) is 5.69 Å². The summed E-state index contributed by atoms with van der Waals surface area (Å²) in [7, 11) is 0. The van der Waals surface area contributed by atoms with Crippen LogP contribution in [0, 0.1) is 24.2 Å². The average Bonchev–Trinajstić information content (AvgIpc) is 3.48. The Labute approximate surface area is 202 Å². The number of piperidine rings is 1. The minimum absolute atomic E-state index is 0.205. The second-order valence-corrected chi connectivity index (χ2v) is 9.40. The number of benzene rings is 1. The van der Waals surface area contributed by atoms with E-state index in [-0.39, 0.29) is 42.3 Å². The molecule has 0 radical (unpaired) electrons. The van der Waals surface area contributed by atoms with Gasteiger partial charge in [-0.15, -0.1) is 17.4 Å². The lowest BCUT2D eigenvalue weighted by atomic mass is 9.82. The Morgan fingerprint density at radius 2 is 2.09 bits per heavy atom. The molecule has 1 aromatic heterocycles. The first-order chi connectivity index (χ1) is 16.9. The number of terminal acetylenes is 1. The summed E-state index contributed by atoms with van der Waals surface area (Å²) in [5, 5.41) is 13.3. The summed E-state index contributed by atoms with van der Waals surface area (Å²) in [5.74, 6) is 2.17. The topological polar surface area (TPSA) is 126 Å². The maximum absolute atomic E-state index is 12.9. The Morgan fingerprint density at radius 3 is 2.89 bits per heavy atom. The first kappa shape index (κ1) is 22.8. The number of carbonyl (C=O) groups excluding carboxylic acids is 4. The second kappa shape index (κ2) is 9.33.